The monoisotopic (exact) mass is 457 g/mol. The van der Waals surface area contributed by atoms with Gasteiger partial charge in [-0.2, -0.15) is 0 Å². The van der Waals surface area contributed by atoms with E-state index in [0.29, 0.717) is 10.7 Å². The average Bonchev–Trinajstić information content (AvgIpc) is 2.77. The van der Waals surface area contributed by atoms with E-state index in [4.69, 9.17) is 22.1 Å². The Kier molecular flexibility index (Phi) is 7.69. The van der Waals surface area contributed by atoms with Gasteiger partial charge in [0.25, 0.3) is 5.56 Å². The van der Waals surface area contributed by atoms with E-state index in [1.54, 1.807) is 24.3 Å². The number of nitrogens with two attached hydrogens (primary N) is 1. The largest absolute Gasteiger partial charge is 0.383 e. The van der Waals surface area contributed by atoms with E-state index in [1.807, 2.05) is 30.3 Å². The molecule has 0 saturated heterocycles. The summed E-state index contributed by atoms with van der Waals surface area (Å²) in [5, 5.41) is 3.29. The van der Waals surface area contributed by atoms with Gasteiger partial charge in [-0.05, 0) is 29.8 Å². The number of halogens is 1. The number of rotatable bonds is 9. The topological polar surface area (TPSA) is 122 Å². The number of anilines is 3. The van der Waals surface area contributed by atoms with Crippen LogP contribution in [-0.4, -0.2) is 42.3 Å². The van der Waals surface area contributed by atoms with Gasteiger partial charge in [-0.3, -0.25) is 19.1 Å². The lowest BCUT2D eigenvalue weighted by molar-refractivity contribution is -0.115. The Morgan fingerprint density at radius 3 is 2.50 bits per heavy atom. The molecule has 0 aliphatic heterocycles. The standard InChI is InChI=1S/C22H24ClN5O4/c1-32-12-11-27(14-18(29)25-17-9-7-16(23)8-10-17)19-20(24)28(22(31)26-21(19)30)13-15-5-3-2-4-6-15/h2-10H,11-14,24H2,1H3,(H,25,29)(H,26,30,31). The first-order valence-corrected chi connectivity index (χ1v) is 10.2. The van der Waals surface area contributed by atoms with E-state index in [1.165, 1.54) is 16.6 Å². The van der Waals surface area contributed by atoms with E-state index in [2.05, 4.69) is 10.3 Å². The van der Waals surface area contributed by atoms with Crippen molar-refractivity contribution in [3.05, 3.63) is 86.0 Å². The summed E-state index contributed by atoms with van der Waals surface area (Å²) in [7, 11) is 1.51. The normalized spacial score (nSPS) is 10.7. The fraction of sp³-hybridized carbons (Fsp3) is 0.227. The second kappa shape index (κ2) is 10.7. The molecule has 0 spiro atoms. The second-order valence-electron chi connectivity index (χ2n) is 7.03. The smallest absolute Gasteiger partial charge is 0.330 e. The van der Waals surface area contributed by atoms with Crippen molar-refractivity contribution < 1.29 is 9.53 Å². The number of amides is 1. The fourth-order valence-electron chi connectivity index (χ4n) is 3.18. The first-order valence-electron chi connectivity index (χ1n) is 9.85. The molecule has 2 aromatic carbocycles. The molecule has 1 amide bonds. The lowest BCUT2D eigenvalue weighted by atomic mass is 10.2. The van der Waals surface area contributed by atoms with E-state index < -0.39 is 11.2 Å². The number of carbonyl (C=O) groups is 1. The van der Waals surface area contributed by atoms with Gasteiger partial charge >= 0.3 is 5.69 Å². The van der Waals surface area contributed by atoms with E-state index in [0.717, 1.165) is 5.56 Å². The quantitative estimate of drug-likeness (QED) is 0.451. The Bertz CT molecular complexity index is 1180. The number of nitrogens with zero attached hydrogens (tertiary/aromatic N) is 2. The van der Waals surface area contributed by atoms with Gasteiger partial charge in [-0.15, -0.1) is 0 Å². The van der Waals surface area contributed by atoms with Gasteiger partial charge in [0.2, 0.25) is 5.91 Å². The van der Waals surface area contributed by atoms with Crippen molar-refractivity contribution in [1.29, 1.82) is 0 Å². The van der Waals surface area contributed by atoms with Crippen LogP contribution in [0.2, 0.25) is 5.02 Å². The third kappa shape index (κ3) is 5.77. The number of carbonyl (C=O) groups excluding carboxylic acids is 1. The summed E-state index contributed by atoms with van der Waals surface area (Å²) in [6, 6.07) is 15.9. The van der Waals surface area contributed by atoms with Crippen molar-refractivity contribution in [1.82, 2.24) is 9.55 Å². The predicted molar refractivity (Wildman–Crippen MR) is 125 cm³/mol. The Balaban J connectivity index is 1.91. The Hall–Kier alpha value is -3.56. The molecule has 4 N–H and O–H groups in total. The third-order valence-corrected chi connectivity index (χ3v) is 4.99. The fourth-order valence-corrected chi connectivity index (χ4v) is 3.31. The maximum absolute atomic E-state index is 12.7. The minimum absolute atomic E-state index is 0.0296. The van der Waals surface area contributed by atoms with Crippen LogP contribution in [0.3, 0.4) is 0 Å². The molecule has 10 heteroatoms. The Labute approximate surface area is 189 Å². The molecule has 1 aromatic heterocycles. The molecule has 32 heavy (non-hydrogen) atoms. The molecular formula is C22H24ClN5O4. The number of aromatic amines is 1. The molecule has 0 bridgehead atoms. The summed E-state index contributed by atoms with van der Waals surface area (Å²) in [5.74, 6) is -0.402. The molecule has 0 atom stereocenters. The van der Waals surface area contributed by atoms with Crippen LogP contribution in [0.1, 0.15) is 5.56 Å². The molecule has 0 aliphatic rings. The molecule has 0 saturated carbocycles. The highest BCUT2D eigenvalue weighted by Gasteiger charge is 2.21. The predicted octanol–water partition coefficient (Wildman–Crippen LogP) is 1.91. The van der Waals surface area contributed by atoms with Gasteiger partial charge in [-0.25, -0.2) is 4.79 Å². The summed E-state index contributed by atoms with van der Waals surface area (Å²) in [4.78, 5) is 41.6. The first kappa shape index (κ1) is 23.1. The van der Waals surface area contributed by atoms with Crippen LogP contribution < -0.4 is 27.2 Å². The molecule has 0 unspecified atom stereocenters. The highest BCUT2D eigenvalue weighted by Crippen LogP contribution is 2.18. The maximum atomic E-state index is 12.7. The van der Waals surface area contributed by atoms with Crippen molar-refractivity contribution in [2.24, 2.45) is 0 Å². The average molecular weight is 458 g/mol. The number of aromatic nitrogens is 2. The molecule has 168 valence electrons. The van der Waals surface area contributed by atoms with Crippen molar-refractivity contribution in [2.75, 3.05) is 42.8 Å². The van der Waals surface area contributed by atoms with E-state index in [9.17, 15) is 14.4 Å². The summed E-state index contributed by atoms with van der Waals surface area (Å²) in [6.07, 6.45) is 0. The number of methoxy groups -OCH3 is 1. The second-order valence-corrected chi connectivity index (χ2v) is 7.47. The van der Waals surface area contributed by atoms with Gasteiger partial charge in [0, 0.05) is 24.4 Å². The molecule has 0 radical (unpaired) electrons. The molecule has 0 aliphatic carbocycles. The van der Waals surface area contributed by atoms with Gasteiger partial charge < -0.3 is 20.7 Å². The lowest BCUT2D eigenvalue weighted by Gasteiger charge is -2.25. The number of ether oxygens (including phenoxy) is 1. The molecular weight excluding hydrogens is 434 g/mol. The number of hydrogen-bond donors (Lipinski definition) is 3. The van der Waals surface area contributed by atoms with Crippen LogP contribution in [0, 0.1) is 0 Å². The number of nitrogen functional groups attached to an aromatic ring is 1. The van der Waals surface area contributed by atoms with E-state index in [-0.39, 0.29) is 43.7 Å². The molecule has 3 aromatic rings. The number of hydrogen-bond acceptors (Lipinski definition) is 6. The van der Waals surface area contributed by atoms with Gasteiger partial charge in [0.15, 0.2) is 0 Å². The van der Waals surface area contributed by atoms with Gasteiger partial charge in [0.1, 0.15) is 11.5 Å². The van der Waals surface area contributed by atoms with Crippen LogP contribution in [0.25, 0.3) is 0 Å². The van der Waals surface area contributed by atoms with Crippen LogP contribution in [0.4, 0.5) is 17.2 Å². The first-order chi connectivity index (χ1) is 15.4. The molecule has 1 heterocycles. The zero-order chi connectivity index (χ0) is 23.1. The lowest BCUT2D eigenvalue weighted by Crippen LogP contribution is -2.42. The van der Waals surface area contributed by atoms with Crippen LogP contribution in [0.5, 0.6) is 0 Å². The number of nitrogens with one attached hydrogen (secondary N) is 2. The van der Waals surface area contributed by atoms with Crippen molar-refractivity contribution in [2.45, 2.75) is 6.54 Å². The van der Waals surface area contributed by atoms with Crippen molar-refractivity contribution in [3.8, 4) is 0 Å². The van der Waals surface area contributed by atoms with E-state index >= 15 is 0 Å². The summed E-state index contributed by atoms with van der Waals surface area (Å²) in [5.41, 5.74) is 6.39. The van der Waals surface area contributed by atoms with Gasteiger partial charge in [0.05, 0.1) is 19.7 Å². The summed E-state index contributed by atoms with van der Waals surface area (Å²) >= 11 is 5.88. The van der Waals surface area contributed by atoms with Gasteiger partial charge in [-0.1, -0.05) is 41.9 Å². The van der Waals surface area contributed by atoms with Crippen molar-refractivity contribution >= 4 is 34.7 Å². The zero-order valence-electron chi connectivity index (χ0n) is 17.5. The minimum Gasteiger partial charge on any atom is -0.383 e. The number of benzene rings is 2. The van der Waals surface area contributed by atoms with Crippen LogP contribution in [0.15, 0.2) is 64.2 Å². The minimum atomic E-state index is -0.674. The zero-order valence-corrected chi connectivity index (χ0v) is 18.3. The SMILES string of the molecule is COCCN(CC(=O)Nc1ccc(Cl)cc1)c1c(N)n(Cc2ccccc2)c(=O)[nH]c1=O. The summed E-state index contributed by atoms with van der Waals surface area (Å²) in [6.45, 7) is 0.444. The third-order valence-electron chi connectivity index (χ3n) is 4.74. The molecule has 9 nitrogen and oxygen atoms in total. The summed E-state index contributed by atoms with van der Waals surface area (Å²) < 4.78 is 6.39. The molecule has 0 fully saturated rings. The maximum Gasteiger partial charge on any atom is 0.330 e. The Morgan fingerprint density at radius 2 is 1.84 bits per heavy atom. The van der Waals surface area contributed by atoms with Crippen molar-refractivity contribution in [3.63, 3.8) is 0 Å². The van der Waals surface area contributed by atoms with Crippen LogP contribution in [-0.2, 0) is 16.1 Å². The number of H-pyrrole nitrogens is 1. The highest BCUT2D eigenvalue weighted by atomic mass is 35.5. The molecule has 3 rings (SSSR count). The van der Waals surface area contributed by atoms with Crippen LogP contribution >= 0.6 is 11.6 Å². The Morgan fingerprint density at radius 1 is 1.16 bits per heavy atom. The highest BCUT2D eigenvalue weighted by molar-refractivity contribution is 6.30.